The summed E-state index contributed by atoms with van der Waals surface area (Å²) in [6, 6.07) is 12.6. The van der Waals surface area contributed by atoms with Gasteiger partial charge in [-0.15, -0.1) is 0 Å². The summed E-state index contributed by atoms with van der Waals surface area (Å²) in [6.45, 7) is 5.91. The molecule has 1 aromatic carbocycles. The van der Waals surface area contributed by atoms with Gasteiger partial charge in [0.05, 0.1) is 23.3 Å². The van der Waals surface area contributed by atoms with E-state index in [0.717, 1.165) is 35.5 Å². The second-order valence-corrected chi connectivity index (χ2v) is 10.2. The highest BCUT2D eigenvalue weighted by atomic mass is 35.5. The molecule has 5 rings (SSSR count). The Morgan fingerprint density at radius 3 is 2.45 bits per heavy atom. The molecule has 0 spiro atoms. The molecular formula is C28H28ClN7O2. The van der Waals surface area contributed by atoms with Crippen LogP contribution in [0, 0.1) is 19.3 Å². The zero-order chi connectivity index (χ0) is 27.0. The Morgan fingerprint density at radius 1 is 1.11 bits per heavy atom. The van der Waals surface area contributed by atoms with E-state index in [1.807, 2.05) is 38.1 Å². The number of aromatic nitrogens is 5. The molecule has 3 aromatic heterocycles. The van der Waals surface area contributed by atoms with Gasteiger partial charge < -0.3 is 10.6 Å². The first kappa shape index (κ1) is 25.4. The SMILES string of the molecule is Cc1n[nH]c(C)c1-c1ccc(NC(=O)/C(NC(=O)c2ccnn2C)=C(/c2ccccc2Cl)C2(C)CC2)cn1. The standard InChI is InChI=1S/C28H28ClN7O2/c1-16-23(17(2)35-34-16)21-10-9-18(15-30-21)32-27(38)25(33-26(37)22-11-14-31-36(22)4)24(28(3)12-13-28)19-7-5-6-8-20(19)29/h5-11,14-15H,12-13H2,1-4H3,(H,32,38)(H,33,37)(H,34,35)/b25-24+. The molecule has 1 saturated carbocycles. The number of carbonyl (C=O) groups is 2. The van der Waals surface area contributed by atoms with Gasteiger partial charge >= 0.3 is 0 Å². The maximum Gasteiger partial charge on any atom is 0.274 e. The predicted molar refractivity (Wildman–Crippen MR) is 146 cm³/mol. The lowest BCUT2D eigenvalue weighted by Gasteiger charge is -2.22. The molecule has 1 aliphatic rings. The Kier molecular flexibility index (Phi) is 6.62. The summed E-state index contributed by atoms with van der Waals surface area (Å²) in [5, 5.41) is 17.6. The number of benzene rings is 1. The van der Waals surface area contributed by atoms with Crippen LogP contribution in [0.1, 0.15) is 47.2 Å². The van der Waals surface area contributed by atoms with E-state index in [1.54, 1.807) is 31.4 Å². The number of H-pyrrole nitrogens is 1. The number of anilines is 1. The lowest BCUT2D eigenvalue weighted by atomic mass is 9.88. The first-order valence-corrected chi connectivity index (χ1v) is 12.6. The number of aromatic amines is 1. The Balaban J connectivity index is 1.54. The molecule has 10 heteroatoms. The summed E-state index contributed by atoms with van der Waals surface area (Å²) in [6.07, 6.45) is 4.86. The molecule has 194 valence electrons. The number of allylic oxidation sites excluding steroid dienone is 1. The van der Waals surface area contributed by atoms with Crippen molar-refractivity contribution in [2.24, 2.45) is 12.5 Å². The molecule has 4 aromatic rings. The Morgan fingerprint density at radius 2 is 1.87 bits per heavy atom. The summed E-state index contributed by atoms with van der Waals surface area (Å²) >= 11 is 6.60. The van der Waals surface area contributed by atoms with Crippen LogP contribution in [0.4, 0.5) is 5.69 Å². The minimum absolute atomic E-state index is 0.148. The number of nitrogens with zero attached hydrogens (tertiary/aromatic N) is 4. The van der Waals surface area contributed by atoms with Gasteiger partial charge in [0.15, 0.2) is 0 Å². The number of amides is 2. The van der Waals surface area contributed by atoms with Crippen LogP contribution in [0.2, 0.25) is 5.02 Å². The molecule has 0 bridgehead atoms. The van der Waals surface area contributed by atoms with Gasteiger partial charge in [0, 0.05) is 29.5 Å². The van der Waals surface area contributed by atoms with Crippen LogP contribution >= 0.6 is 11.6 Å². The summed E-state index contributed by atoms with van der Waals surface area (Å²) in [5.74, 6) is -0.905. The molecular weight excluding hydrogens is 502 g/mol. The summed E-state index contributed by atoms with van der Waals surface area (Å²) in [4.78, 5) is 31.6. The average Bonchev–Trinajstić information content (AvgIpc) is 3.32. The fourth-order valence-electron chi connectivity index (χ4n) is 4.61. The van der Waals surface area contributed by atoms with Crippen LogP contribution < -0.4 is 10.6 Å². The minimum atomic E-state index is -0.464. The Bertz CT molecular complexity index is 1540. The highest BCUT2D eigenvalue weighted by Crippen LogP contribution is 2.57. The largest absolute Gasteiger partial charge is 0.319 e. The molecule has 38 heavy (non-hydrogen) atoms. The van der Waals surface area contributed by atoms with Crippen LogP contribution in [0.25, 0.3) is 16.8 Å². The van der Waals surface area contributed by atoms with Gasteiger partial charge in [-0.3, -0.25) is 24.4 Å². The third-order valence-corrected chi connectivity index (χ3v) is 7.25. The maximum absolute atomic E-state index is 13.8. The van der Waals surface area contributed by atoms with Crippen molar-refractivity contribution in [1.29, 1.82) is 0 Å². The van der Waals surface area contributed by atoms with Crippen molar-refractivity contribution in [2.45, 2.75) is 33.6 Å². The van der Waals surface area contributed by atoms with Crippen molar-refractivity contribution in [3.05, 3.63) is 88.2 Å². The van der Waals surface area contributed by atoms with Gasteiger partial charge in [-0.2, -0.15) is 10.2 Å². The molecule has 2 amide bonds. The van der Waals surface area contributed by atoms with Crippen molar-refractivity contribution in [3.8, 4) is 11.3 Å². The quantitative estimate of drug-likeness (QED) is 0.289. The number of carbonyl (C=O) groups excluding carboxylic acids is 2. The van der Waals surface area contributed by atoms with Crippen LogP contribution in [0.3, 0.4) is 0 Å². The number of hydrogen-bond acceptors (Lipinski definition) is 5. The monoisotopic (exact) mass is 529 g/mol. The average molecular weight is 530 g/mol. The molecule has 1 fully saturated rings. The first-order valence-electron chi connectivity index (χ1n) is 12.3. The van der Waals surface area contributed by atoms with E-state index in [4.69, 9.17) is 11.6 Å². The topological polar surface area (TPSA) is 118 Å². The zero-order valence-corrected chi connectivity index (χ0v) is 22.3. The fourth-order valence-corrected chi connectivity index (χ4v) is 4.84. The van der Waals surface area contributed by atoms with Crippen LogP contribution in [0.5, 0.6) is 0 Å². The molecule has 0 saturated heterocycles. The number of aryl methyl sites for hydroxylation is 3. The first-order chi connectivity index (χ1) is 18.2. The van der Waals surface area contributed by atoms with Crippen LogP contribution in [-0.2, 0) is 11.8 Å². The van der Waals surface area contributed by atoms with Gasteiger partial charge in [0.2, 0.25) is 0 Å². The van der Waals surface area contributed by atoms with Crippen molar-refractivity contribution < 1.29 is 9.59 Å². The third kappa shape index (κ3) is 4.84. The minimum Gasteiger partial charge on any atom is -0.319 e. The molecule has 0 radical (unpaired) electrons. The van der Waals surface area contributed by atoms with Gasteiger partial charge in [-0.25, -0.2) is 0 Å². The van der Waals surface area contributed by atoms with Crippen molar-refractivity contribution in [1.82, 2.24) is 30.3 Å². The number of rotatable bonds is 7. The Labute approximate surface area is 225 Å². The van der Waals surface area contributed by atoms with Gasteiger partial charge in [0.1, 0.15) is 11.4 Å². The van der Waals surface area contributed by atoms with Crippen molar-refractivity contribution in [2.75, 3.05) is 5.32 Å². The molecule has 0 atom stereocenters. The molecule has 9 nitrogen and oxygen atoms in total. The van der Waals surface area contributed by atoms with E-state index < -0.39 is 11.8 Å². The van der Waals surface area contributed by atoms with Gasteiger partial charge in [0.25, 0.3) is 11.8 Å². The van der Waals surface area contributed by atoms with Crippen LogP contribution in [0.15, 0.2) is 60.6 Å². The number of halogens is 1. The lowest BCUT2D eigenvalue weighted by molar-refractivity contribution is -0.113. The second kappa shape index (κ2) is 9.90. The van der Waals surface area contributed by atoms with Crippen molar-refractivity contribution >= 4 is 34.7 Å². The van der Waals surface area contributed by atoms with Crippen molar-refractivity contribution in [3.63, 3.8) is 0 Å². The van der Waals surface area contributed by atoms with Gasteiger partial charge in [-0.1, -0.05) is 36.7 Å². The van der Waals surface area contributed by atoms with E-state index in [9.17, 15) is 9.59 Å². The predicted octanol–water partition coefficient (Wildman–Crippen LogP) is 5.06. The lowest BCUT2D eigenvalue weighted by Crippen LogP contribution is -2.34. The number of hydrogen-bond donors (Lipinski definition) is 3. The zero-order valence-electron chi connectivity index (χ0n) is 21.6. The van der Waals surface area contributed by atoms with E-state index in [-0.39, 0.29) is 11.1 Å². The molecule has 0 unspecified atom stereocenters. The summed E-state index contributed by atoms with van der Waals surface area (Å²) in [5.41, 5.74) is 5.49. The summed E-state index contributed by atoms with van der Waals surface area (Å²) < 4.78 is 1.46. The van der Waals surface area contributed by atoms with Crippen LogP contribution in [-0.4, -0.2) is 36.8 Å². The normalized spacial score (nSPS) is 14.6. The van der Waals surface area contributed by atoms with Gasteiger partial charge in [-0.05, 0) is 67.5 Å². The van der Waals surface area contributed by atoms with E-state index in [1.165, 1.54) is 10.9 Å². The molecule has 3 heterocycles. The Hall–Kier alpha value is -4.24. The fraction of sp³-hybridized carbons (Fsp3) is 0.250. The third-order valence-electron chi connectivity index (χ3n) is 6.92. The van der Waals surface area contributed by atoms with E-state index in [2.05, 4.69) is 37.8 Å². The molecule has 3 N–H and O–H groups in total. The van der Waals surface area contributed by atoms with E-state index >= 15 is 0 Å². The smallest absolute Gasteiger partial charge is 0.274 e. The van der Waals surface area contributed by atoms with E-state index in [0.29, 0.717) is 27.5 Å². The highest BCUT2D eigenvalue weighted by Gasteiger charge is 2.45. The molecule has 1 aliphatic carbocycles. The number of nitrogens with one attached hydrogen (secondary N) is 3. The second-order valence-electron chi connectivity index (χ2n) is 9.78. The highest BCUT2D eigenvalue weighted by molar-refractivity contribution is 6.32. The molecule has 0 aliphatic heterocycles. The maximum atomic E-state index is 13.8. The summed E-state index contributed by atoms with van der Waals surface area (Å²) in [7, 11) is 1.67. The number of pyridine rings is 1.